The second-order valence-corrected chi connectivity index (χ2v) is 5.25. The van der Waals surface area contributed by atoms with Gasteiger partial charge in [0.25, 0.3) is 5.24 Å². The van der Waals surface area contributed by atoms with Crippen molar-refractivity contribution in [2.75, 3.05) is 11.1 Å². The fourth-order valence-corrected chi connectivity index (χ4v) is 2.01. The molecule has 0 heterocycles. The van der Waals surface area contributed by atoms with E-state index < -0.39 is 5.24 Å². The Balaban J connectivity index is 2.85. The highest BCUT2D eigenvalue weighted by Gasteiger charge is 2.10. The molecule has 1 aromatic carbocycles. The lowest BCUT2D eigenvalue weighted by Crippen LogP contribution is -2.18. The molecule has 3 N–H and O–H groups in total. The Morgan fingerprint density at radius 1 is 1.17 bits per heavy atom. The normalized spacial score (nSPS) is 10.2. The zero-order valence-electron chi connectivity index (χ0n) is 11.1. The molecular formula is C13H18N2O2S. The summed E-state index contributed by atoms with van der Waals surface area (Å²) in [6, 6.07) is 1.95. The second kappa shape index (κ2) is 5.91. The molecule has 0 atom stereocenters. The van der Waals surface area contributed by atoms with Crippen molar-refractivity contribution in [1.82, 2.24) is 0 Å². The van der Waals surface area contributed by atoms with Gasteiger partial charge in [0.05, 0.1) is 5.75 Å². The van der Waals surface area contributed by atoms with E-state index in [2.05, 4.69) is 12.2 Å². The Hall–Kier alpha value is -1.49. The van der Waals surface area contributed by atoms with Crippen LogP contribution in [0.2, 0.25) is 0 Å². The van der Waals surface area contributed by atoms with Crippen LogP contribution in [-0.2, 0) is 4.79 Å². The molecule has 0 radical (unpaired) electrons. The number of anilines is 1. The zero-order valence-corrected chi connectivity index (χ0v) is 11.9. The number of nitrogens with two attached hydrogens (primary N) is 1. The van der Waals surface area contributed by atoms with Crippen LogP contribution in [0, 0.1) is 27.7 Å². The first-order valence-electron chi connectivity index (χ1n) is 5.62. The molecule has 0 aliphatic heterocycles. The lowest BCUT2D eigenvalue weighted by Gasteiger charge is -2.14. The second-order valence-electron chi connectivity index (χ2n) is 4.27. The molecule has 18 heavy (non-hydrogen) atoms. The summed E-state index contributed by atoms with van der Waals surface area (Å²) in [5.41, 5.74) is 10.4. The van der Waals surface area contributed by atoms with Crippen molar-refractivity contribution in [2.45, 2.75) is 27.7 Å². The van der Waals surface area contributed by atoms with Gasteiger partial charge in [0.2, 0.25) is 5.91 Å². The number of hydrogen-bond donors (Lipinski definition) is 2. The van der Waals surface area contributed by atoms with Crippen molar-refractivity contribution < 1.29 is 9.59 Å². The van der Waals surface area contributed by atoms with Crippen molar-refractivity contribution in [3.05, 3.63) is 28.3 Å². The molecule has 0 aliphatic carbocycles. The first-order valence-corrected chi connectivity index (χ1v) is 6.61. The van der Waals surface area contributed by atoms with E-state index in [4.69, 9.17) is 5.73 Å². The van der Waals surface area contributed by atoms with E-state index in [1.54, 1.807) is 0 Å². The molecule has 1 aromatic rings. The van der Waals surface area contributed by atoms with Gasteiger partial charge in [-0.15, -0.1) is 0 Å². The van der Waals surface area contributed by atoms with Gasteiger partial charge in [0.15, 0.2) is 0 Å². The molecule has 0 fully saturated rings. The van der Waals surface area contributed by atoms with Crippen LogP contribution in [0.15, 0.2) is 6.07 Å². The number of carbonyl (C=O) groups is 2. The lowest BCUT2D eigenvalue weighted by atomic mass is 9.98. The summed E-state index contributed by atoms with van der Waals surface area (Å²) in [6.07, 6.45) is 0. The summed E-state index contributed by atoms with van der Waals surface area (Å²) in [5.74, 6) is -0.176. The quantitative estimate of drug-likeness (QED) is 0.883. The van der Waals surface area contributed by atoms with Crippen molar-refractivity contribution in [3.63, 3.8) is 0 Å². The summed E-state index contributed by atoms with van der Waals surface area (Å²) in [5, 5.41) is 2.26. The molecule has 0 aromatic heterocycles. The van der Waals surface area contributed by atoms with Gasteiger partial charge in [-0.1, -0.05) is 11.8 Å². The number of amides is 2. The van der Waals surface area contributed by atoms with Crippen molar-refractivity contribution in [1.29, 1.82) is 0 Å². The standard InChI is InChI=1S/C13H18N2O2S/c1-7-5-11(10(4)9(3)8(7)2)15-12(16)6-18-13(14)17/h5H,6H2,1-4H3,(H2,14,17)(H,15,16). The van der Waals surface area contributed by atoms with Crippen LogP contribution >= 0.6 is 11.8 Å². The maximum atomic E-state index is 11.6. The van der Waals surface area contributed by atoms with Crippen molar-refractivity contribution in [3.8, 4) is 0 Å². The first-order chi connectivity index (χ1) is 8.32. The summed E-state index contributed by atoms with van der Waals surface area (Å²) in [7, 11) is 0. The number of primary amides is 1. The minimum absolute atomic E-state index is 0.0424. The Kier molecular flexibility index (Phi) is 4.78. The molecule has 0 aliphatic rings. The van der Waals surface area contributed by atoms with E-state index in [-0.39, 0.29) is 11.7 Å². The third-order valence-corrected chi connectivity index (χ3v) is 3.79. The lowest BCUT2D eigenvalue weighted by molar-refractivity contribution is -0.113. The van der Waals surface area contributed by atoms with E-state index in [1.165, 1.54) is 11.1 Å². The maximum Gasteiger partial charge on any atom is 0.276 e. The van der Waals surface area contributed by atoms with Crippen LogP contribution in [-0.4, -0.2) is 16.9 Å². The first kappa shape index (κ1) is 14.6. The number of hydrogen-bond acceptors (Lipinski definition) is 3. The highest BCUT2D eigenvalue weighted by Crippen LogP contribution is 2.25. The van der Waals surface area contributed by atoms with Crippen LogP contribution in [0.25, 0.3) is 0 Å². The molecule has 5 heteroatoms. The van der Waals surface area contributed by atoms with E-state index in [9.17, 15) is 9.59 Å². The molecule has 0 spiro atoms. The number of rotatable bonds is 3. The average molecular weight is 266 g/mol. The molecular weight excluding hydrogens is 248 g/mol. The Morgan fingerprint density at radius 3 is 2.33 bits per heavy atom. The predicted molar refractivity (Wildman–Crippen MR) is 76.1 cm³/mol. The number of benzene rings is 1. The van der Waals surface area contributed by atoms with Crippen LogP contribution in [0.4, 0.5) is 10.5 Å². The monoisotopic (exact) mass is 266 g/mol. The smallest absolute Gasteiger partial charge is 0.276 e. The van der Waals surface area contributed by atoms with Crippen LogP contribution in [0.5, 0.6) is 0 Å². The highest BCUT2D eigenvalue weighted by atomic mass is 32.2. The van der Waals surface area contributed by atoms with Crippen molar-refractivity contribution in [2.24, 2.45) is 5.73 Å². The Bertz CT molecular complexity index is 498. The molecule has 1 rings (SSSR count). The number of aryl methyl sites for hydroxylation is 1. The van der Waals surface area contributed by atoms with Crippen LogP contribution in [0.1, 0.15) is 22.3 Å². The molecule has 98 valence electrons. The van der Waals surface area contributed by atoms with Gasteiger partial charge < -0.3 is 11.1 Å². The predicted octanol–water partition coefficient (Wildman–Crippen LogP) is 2.67. The third-order valence-electron chi connectivity index (χ3n) is 3.10. The van der Waals surface area contributed by atoms with Crippen LogP contribution < -0.4 is 11.1 Å². The highest BCUT2D eigenvalue weighted by molar-refractivity contribution is 8.14. The zero-order chi connectivity index (χ0) is 13.9. The van der Waals surface area contributed by atoms with Crippen molar-refractivity contribution >= 4 is 28.6 Å². The van der Waals surface area contributed by atoms with Gasteiger partial charge in [-0.3, -0.25) is 9.59 Å². The minimum atomic E-state index is -0.543. The van der Waals surface area contributed by atoms with Gasteiger partial charge in [-0.2, -0.15) is 0 Å². The summed E-state index contributed by atoms with van der Waals surface area (Å²) in [6.45, 7) is 8.08. The summed E-state index contributed by atoms with van der Waals surface area (Å²) >= 11 is 0.803. The van der Waals surface area contributed by atoms with Gasteiger partial charge in [-0.05, 0) is 56.0 Å². The summed E-state index contributed by atoms with van der Waals surface area (Å²) in [4.78, 5) is 22.2. The molecule has 0 saturated heterocycles. The topological polar surface area (TPSA) is 72.2 Å². The van der Waals surface area contributed by atoms with E-state index in [1.807, 2.05) is 26.8 Å². The maximum absolute atomic E-state index is 11.6. The molecule has 0 saturated carbocycles. The van der Waals surface area contributed by atoms with Gasteiger partial charge >= 0.3 is 0 Å². The number of carbonyl (C=O) groups excluding carboxylic acids is 2. The SMILES string of the molecule is Cc1cc(NC(=O)CSC(N)=O)c(C)c(C)c1C. The average Bonchev–Trinajstić information content (AvgIpc) is 2.30. The van der Waals surface area contributed by atoms with E-state index in [0.717, 1.165) is 28.6 Å². The third kappa shape index (κ3) is 3.50. The fraction of sp³-hybridized carbons (Fsp3) is 0.385. The van der Waals surface area contributed by atoms with Gasteiger partial charge in [0.1, 0.15) is 0 Å². The minimum Gasteiger partial charge on any atom is -0.361 e. The number of nitrogens with one attached hydrogen (secondary N) is 1. The molecule has 0 unspecified atom stereocenters. The molecule has 4 nitrogen and oxygen atoms in total. The van der Waals surface area contributed by atoms with Gasteiger partial charge in [0, 0.05) is 5.69 Å². The Morgan fingerprint density at radius 2 is 1.78 bits per heavy atom. The molecule has 2 amide bonds. The van der Waals surface area contributed by atoms with Crippen LogP contribution in [0.3, 0.4) is 0 Å². The fourth-order valence-electron chi connectivity index (χ4n) is 1.66. The van der Waals surface area contributed by atoms with Gasteiger partial charge in [-0.25, -0.2) is 0 Å². The molecule has 0 bridgehead atoms. The Labute approximate surface area is 111 Å². The number of thioether (sulfide) groups is 1. The summed E-state index contributed by atoms with van der Waals surface area (Å²) < 4.78 is 0. The van der Waals surface area contributed by atoms with E-state index in [0.29, 0.717) is 0 Å². The largest absolute Gasteiger partial charge is 0.361 e. The van der Waals surface area contributed by atoms with E-state index >= 15 is 0 Å².